The zero-order valence-electron chi connectivity index (χ0n) is 16.2. The maximum Gasteiger partial charge on any atom is 0.337 e. The molecule has 0 bridgehead atoms. The highest BCUT2D eigenvalue weighted by Crippen LogP contribution is 2.26. The van der Waals surface area contributed by atoms with Gasteiger partial charge in [-0.1, -0.05) is 18.2 Å². The summed E-state index contributed by atoms with van der Waals surface area (Å²) in [5.74, 6) is 0.663. The van der Waals surface area contributed by atoms with E-state index in [9.17, 15) is 9.59 Å². The Balaban J connectivity index is 1.43. The Morgan fingerprint density at radius 2 is 1.97 bits per heavy atom. The summed E-state index contributed by atoms with van der Waals surface area (Å²) in [6.45, 7) is 1.36. The van der Waals surface area contributed by atoms with Crippen LogP contribution in [0.4, 0.5) is 0 Å². The fourth-order valence-corrected chi connectivity index (χ4v) is 3.65. The van der Waals surface area contributed by atoms with Gasteiger partial charge < -0.3 is 9.64 Å². The Kier molecular flexibility index (Phi) is 5.37. The molecule has 2 aromatic heterocycles. The summed E-state index contributed by atoms with van der Waals surface area (Å²) in [5, 5.41) is 8.58. The number of rotatable bonds is 4. The Hall–Kier alpha value is -3.48. The minimum atomic E-state index is -0.378. The Bertz CT molecular complexity index is 1060. The second kappa shape index (κ2) is 8.26. The summed E-state index contributed by atoms with van der Waals surface area (Å²) >= 11 is 0. The first kappa shape index (κ1) is 18.9. The number of esters is 1. The van der Waals surface area contributed by atoms with Crippen molar-refractivity contribution in [3.63, 3.8) is 0 Å². The highest BCUT2D eigenvalue weighted by atomic mass is 16.5. The van der Waals surface area contributed by atoms with E-state index in [1.54, 1.807) is 36.4 Å². The smallest absolute Gasteiger partial charge is 0.337 e. The molecule has 1 aliphatic rings. The molecule has 3 aromatic rings. The van der Waals surface area contributed by atoms with Gasteiger partial charge >= 0.3 is 5.97 Å². The molecular weight excluding hydrogens is 368 g/mol. The molecule has 1 amide bonds. The summed E-state index contributed by atoms with van der Waals surface area (Å²) in [4.78, 5) is 26.0. The number of hydrogen-bond donors (Lipinski definition) is 0. The third kappa shape index (κ3) is 4.03. The van der Waals surface area contributed by atoms with Crippen LogP contribution in [0.5, 0.6) is 0 Å². The number of carbonyl (C=O) groups is 2. The molecule has 1 aromatic carbocycles. The minimum absolute atomic E-state index is 0.0273. The lowest BCUT2D eigenvalue weighted by atomic mass is 9.97. The number of pyridine rings is 1. The fraction of sp³-hybridized carbons (Fsp3) is 0.273. The number of ether oxygens (including phenoxy) is 1. The van der Waals surface area contributed by atoms with Crippen molar-refractivity contribution in [3.8, 4) is 0 Å². The molecule has 1 saturated heterocycles. The number of fused-ring (bicyclic) bond motifs is 1. The van der Waals surface area contributed by atoms with E-state index in [2.05, 4.69) is 10.2 Å². The van der Waals surface area contributed by atoms with Crippen molar-refractivity contribution in [2.45, 2.75) is 18.8 Å². The standard InChI is InChI=1S/C22H22N4O3/c1-29-22(28)17-10-7-16(8-11-17)9-12-20(27)25-13-4-5-18(15-25)21-24-23-19-6-2-3-14-26(19)21/h2-3,6-12,14,18H,4-5,13,15H2,1H3/b12-9+. The quantitative estimate of drug-likeness (QED) is 0.506. The molecule has 1 atom stereocenters. The summed E-state index contributed by atoms with van der Waals surface area (Å²) in [5.41, 5.74) is 2.15. The highest BCUT2D eigenvalue weighted by Gasteiger charge is 2.27. The predicted octanol–water partition coefficient (Wildman–Crippen LogP) is 2.94. The van der Waals surface area contributed by atoms with E-state index in [0.29, 0.717) is 12.1 Å². The van der Waals surface area contributed by atoms with Gasteiger partial charge in [0.15, 0.2) is 5.65 Å². The number of piperidine rings is 1. The molecule has 0 N–H and O–H groups in total. The molecule has 7 heteroatoms. The molecule has 4 rings (SSSR count). The second-order valence-electron chi connectivity index (χ2n) is 7.06. The Morgan fingerprint density at radius 3 is 2.76 bits per heavy atom. The van der Waals surface area contributed by atoms with Crippen molar-refractivity contribution in [1.29, 1.82) is 0 Å². The summed E-state index contributed by atoms with van der Waals surface area (Å²) in [6, 6.07) is 12.8. The van der Waals surface area contributed by atoms with Crippen LogP contribution in [-0.2, 0) is 9.53 Å². The van der Waals surface area contributed by atoms with Crippen molar-refractivity contribution in [3.05, 3.63) is 71.7 Å². The van der Waals surface area contributed by atoms with Crippen molar-refractivity contribution in [1.82, 2.24) is 19.5 Å². The molecule has 29 heavy (non-hydrogen) atoms. The topological polar surface area (TPSA) is 76.8 Å². The van der Waals surface area contributed by atoms with Crippen molar-refractivity contribution in [2.24, 2.45) is 0 Å². The zero-order valence-corrected chi connectivity index (χ0v) is 16.2. The van der Waals surface area contributed by atoms with Gasteiger partial charge in [0.05, 0.1) is 12.7 Å². The van der Waals surface area contributed by atoms with Crippen LogP contribution >= 0.6 is 0 Å². The van der Waals surface area contributed by atoms with E-state index in [4.69, 9.17) is 4.74 Å². The van der Waals surface area contributed by atoms with Crippen LogP contribution in [0.15, 0.2) is 54.7 Å². The molecule has 0 saturated carbocycles. The number of carbonyl (C=O) groups excluding carboxylic acids is 2. The minimum Gasteiger partial charge on any atom is -0.465 e. The molecular formula is C22H22N4O3. The lowest BCUT2D eigenvalue weighted by molar-refractivity contribution is -0.127. The van der Waals surface area contributed by atoms with Gasteiger partial charge in [-0.15, -0.1) is 10.2 Å². The third-order valence-corrected chi connectivity index (χ3v) is 5.19. The third-order valence-electron chi connectivity index (χ3n) is 5.19. The highest BCUT2D eigenvalue weighted by molar-refractivity contribution is 5.92. The molecule has 0 aliphatic carbocycles. The number of nitrogens with zero attached hydrogens (tertiary/aromatic N) is 4. The largest absolute Gasteiger partial charge is 0.465 e. The van der Waals surface area contributed by atoms with E-state index in [1.807, 2.05) is 33.7 Å². The van der Waals surface area contributed by atoms with E-state index in [-0.39, 0.29) is 17.8 Å². The van der Waals surface area contributed by atoms with Gasteiger partial charge in [-0.2, -0.15) is 0 Å². The van der Waals surface area contributed by atoms with Gasteiger partial charge in [-0.25, -0.2) is 4.79 Å². The molecule has 0 radical (unpaired) electrons. The van der Waals surface area contributed by atoms with Crippen molar-refractivity contribution < 1.29 is 14.3 Å². The summed E-state index contributed by atoms with van der Waals surface area (Å²) < 4.78 is 6.69. The van der Waals surface area contributed by atoms with Crippen LogP contribution in [-0.4, -0.2) is 51.6 Å². The average molecular weight is 390 g/mol. The lowest BCUT2D eigenvalue weighted by Gasteiger charge is -2.31. The van der Waals surface area contributed by atoms with E-state index < -0.39 is 0 Å². The molecule has 1 unspecified atom stereocenters. The fourth-order valence-electron chi connectivity index (χ4n) is 3.65. The van der Waals surface area contributed by atoms with Gasteiger partial charge in [0.25, 0.3) is 0 Å². The predicted molar refractivity (Wildman–Crippen MR) is 108 cm³/mol. The first-order chi connectivity index (χ1) is 14.2. The number of benzene rings is 1. The second-order valence-corrected chi connectivity index (χ2v) is 7.06. The van der Waals surface area contributed by atoms with Crippen LogP contribution < -0.4 is 0 Å². The number of likely N-dealkylation sites (tertiary alicyclic amines) is 1. The molecule has 0 spiro atoms. The van der Waals surface area contributed by atoms with Crippen LogP contribution in [0.2, 0.25) is 0 Å². The van der Waals surface area contributed by atoms with E-state index >= 15 is 0 Å². The number of methoxy groups -OCH3 is 1. The maximum absolute atomic E-state index is 12.7. The van der Waals surface area contributed by atoms with Crippen LogP contribution in [0.3, 0.4) is 0 Å². The average Bonchev–Trinajstić information content (AvgIpc) is 3.21. The summed E-state index contributed by atoms with van der Waals surface area (Å²) in [7, 11) is 1.35. The number of amides is 1. The normalized spacial score (nSPS) is 17.0. The van der Waals surface area contributed by atoms with Crippen molar-refractivity contribution in [2.75, 3.05) is 20.2 Å². The van der Waals surface area contributed by atoms with Crippen LogP contribution in [0.1, 0.15) is 40.5 Å². The summed E-state index contributed by atoms with van der Waals surface area (Å²) in [6.07, 6.45) is 7.22. The monoisotopic (exact) mass is 390 g/mol. The molecule has 1 fully saturated rings. The Morgan fingerprint density at radius 1 is 1.14 bits per heavy atom. The van der Waals surface area contributed by atoms with Gasteiger partial charge in [0, 0.05) is 31.3 Å². The SMILES string of the molecule is COC(=O)c1ccc(/C=C/C(=O)N2CCCC(c3nnc4ccccn34)C2)cc1. The maximum atomic E-state index is 12.7. The lowest BCUT2D eigenvalue weighted by Crippen LogP contribution is -2.38. The number of hydrogen-bond acceptors (Lipinski definition) is 5. The molecule has 148 valence electrons. The molecule has 1 aliphatic heterocycles. The van der Waals surface area contributed by atoms with Crippen LogP contribution in [0, 0.1) is 0 Å². The molecule has 3 heterocycles. The van der Waals surface area contributed by atoms with E-state index in [1.165, 1.54) is 7.11 Å². The van der Waals surface area contributed by atoms with E-state index in [0.717, 1.165) is 36.4 Å². The Labute approximate surface area is 168 Å². The molecule has 7 nitrogen and oxygen atoms in total. The van der Waals surface area contributed by atoms with Crippen LogP contribution in [0.25, 0.3) is 11.7 Å². The van der Waals surface area contributed by atoms with Gasteiger partial charge in [0.2, 0.25) is 5.91 Å². The van der Waals surface area contributed by atoms with Gasteiger partial charge in [-0.3, -0.25) is 9.20 Å². The van der Waals surface area contributed by atoms with Gasteiger partial charge in [-0.05, 0) is 48.7 Å². The van der Waals surface area contributed by atoms with Gasteiger partial charge in [0.1, 0.15) is 5.82 Å². The number of aromatic nitrogens is 3. The zero-order chi connectivity index (χ0) is 20.2. The van der Waals surface area contributed by atoms with Crippen molar-refractivity contribution >= 4 is 23.6 Å². The first-order valence-corrected chi connectivity index (χ1v) is 9.61. The first-order valence-electron chi connectivity index (χ1n) is 9.61.